The maximum Gasteiger partial charge on any atom is 0.293 e. The third-order valence-corrected chi connectivity index (χ3v) is 7.60. The van der Waals surface area contributed by atoms with E-state index in [1.165, 1.54) is 6.07 Å². The van der Waals surface area contributed by atoms with E-state index < -0.39 is 11.1 Å². The van der Waals surface area contributed by atoms with Gasteiger partial charge in [0.2, 0.25) is 0 Å². The van der Waals surface area contributed by atoms with Crippen molar-refractivity contribution in [1.82, 2.24) is 4.98 Å². The molecule has 1 aliphatic rings. The van der Waals surface area contributed by atoms with Gasteiger partial charge in [-0.25, -0.2) is 4.98 Å². The van der Waals surface area contributed by atoms with Crippen molar-refractivity contribution >= 4 is 45.6 Å². The SMILES string of the molecule is Cc1ccc2c(c1)C(=O)N(c1ccccc1[N+](=O)[O-])C(c1ccc(-c3csc(C)n3)s1)N2C. The van der Waals surface area contributed by atoms with Gasteiger partial charge < -0.3 is 4.90 Å². The first kappa shape index (κ1) is 21.3. The molecule has 166 valence electrons. The number of carbonyl (C=O) groups excluding carboxylic acids is 1. The van der Waals surface area contributed by atoms with E-state index in [1.54, 1.807) is 45.8 Å². The van der Waals surface area contributed by atoms with Gasteiger partial charge >= 0.3 is 0 Å². The third kappa shape index (κ3) is 3.59. The van der Waals surface area contributed by atoms with E-state index in [4.69, 9.17) is 0 Å². The van der Waals surface area contributed by atoms with E-state index in [0.717, 1.165) is 31.7 Å². The van der Waals surface area contributed by atoms with Crippen molar-refractivity contribution in [3.8, 4) is 10.6 Å². The van der Waals surface area contributed by atoms with Gasteiger partial charge in [-0.05, 0) is 44.2 Å². The largest absolute Gasteiger partial charge is 0.349 e. The normalized spacial score (nSPS) is 15.6. The van der Waals surface area contributed by atoms with Crippen molar-refractivity contribution in [2.75, 3.05) is 16.8 Å². The molecule has 33 heavy (non-hydrogen) atoms. The zero-order valence-corrected chi connectivity index (χ0v) is 19.8. The average Bonchev–Trinajstić information content (AvgIpc) is 3.45. The van der Waals surface area contributed by atoms with Gasteiger partial charge in [0.15, 0.2) is 0 Å². The highest BCUT2D eigenvalue weighted by molar-refractivity contribution is 7.16. The summed E-state index contributed by atoms with van der Waals surface area (Å²) in [5, 5.41) is 14.8. The van der Waals surface area contributed by atoms with Crippen LogP contribution in [0.15, 0.2) is 60.0 Å². The number of hydrogen-bond donors (Lipinski definition) is 0. The maximum absolute atomic E-state index is 13.8. The van der Waals surface area contributed by atoms with Crippen LogP contribution in [0.3, 0.4) is 0 Å². The second kappa shape index (κ2) is 8.09. The van der Waals surface area contributed by atoms with Crippen molar-refractivity contribution in [3.05, 3.63) is 91.1 Å². The van der Waals surface area contributed by atoms with E-state index >= 15 is 0 Å². The molecule has 0 fully saturated rings. The minimum absolute atomic E-state index is 0.104. The Morgan fingerprint density at radius 1 is 1.06 bits per heavy atom. The van der Waals surface area contributed by atoms with E-state index in [9.17, 15) is 14.9 Å². The second-order valence-corrected chi connectivity index (χ2v) is 10.1. The third-order valence-electron chi connectivity index (χ3n) is 5.68. The molecule has 0 bridgehead atoms. The molecule has 2 aromatic heterocycles. The van der Waals surface area contributed by atoms with Gasteiger partial charge in [-0.1, -0.05) is 23.8 Å². The highest BCUT2D eigenvalue weighted by Crippen LogP contribution is 2.45. The highest BCUT2D eigenvalue weighted by atomic mass is 32.1. The van der Waals surface area contributed by atoms with Crippen LogP contribution in [0.25, 0.3) is 10.6 Å². The molecule has 1 unspecified atom stereocenters. The summed E-state index contributed by atoms with van der Waals surface area (Å²) in [5.41, 5.74) is 3.34. The van der Waals surface area contributed by atoms with Crippen LogP contribution in [-0.4, -0.2) is 22.9 Å². The molecule has 5 rings (SSSR count). The molecule has 0 aliphatic carbocycles. The number of para-hydroxylation sites is 2. The molecule has 7 nitrogen and oxygen atoms in total. The van der Waals surface area contributed by atoms with Crippen LogP contribution in [-0.2, 0) is 0 Å². The first-order chi connectivity index (χ1) is 15.8. The van der Waals surface area contributed by atoms with Gasteiger partial charge in [0, 0.05) is 23.4 Å². The second-order valence-electron chi connectivity index (χ2n) is 7.88. The maximum atomic E-state index is 13.8. The summed E-state index contributed by atoms with van der Waals surface area (Å²) in [6.45, 7) is 3.89. The Morgan fingerprint density at radius 3 is 2.58 bits per heavy atom. The summed E-state index contributed by atoms with van der Waals surface area (Å²) >= 11 is 3.13. The number of anilines is 2. The van der Waals surface area contributed by atoms with Crippen molar-refractivity contribution in [2.24, 2.45) is 0 Å². The average molecular weight is 477 g/mol. The van der Waals surface area contributed by atoms with Crippen LogP contribution in [0.1, 0.15) is 32.0 Å². The molecule has 0 spiro atoms. The van der Waals surface area contributed by atoms with Crippen molar-refractivity contribution in [1.29, 1.82) is 0 Å². The van der Waals surface area contributed by atoms with E-state index in [1.807, 2.05) is 61.5 Å². The molecule has 4 aromatic rings. The van der Waals surface area contributed by atoms with Gasteiger partial charge in [-0.3, -0.25) is 19.8 Å². The molecular formula is C24H20N4O3S2. The van der Waals surface area contributed by atoms with Crippen LogP contribution >= 0.6 is 22.7 Å². The number of aryl methyl sites for hydroxylation is 2. The van der Waals surface area contributed by atoms with Gasteiger partial charge in [0.1, 0.15) is 11.9 Å². The number of benzene rings is 2. The fourth-order valence-corrected chi connectivity index (χ4v) is 5.95. The molecule has 0 N–H and O–H groups in total. The lowest BCUT2D eigenvalue weighted by molar-refractivity contribution is -0.384. The highest BCUT2D eigenvalue weighted by Gasteiger charge is 2.41. The van der Waals surface area contributed by atoms with Crippen molar-refractivity contribution < 1.29 is 9.72 Å². The summed E-state index contributed by atoms with van der Waals surface area (Å²) < 4.78 is 0. The number of thiophene rings is 1. The van der Waals surface area contributed by atoms with E-state index in [2.05, 4.69) is 4.98 Å². The lowest BCUT2D eigenvalue weighted by Crippen LogP contribution is -2.48. The number of aromatic nitrogens is 1. The zero-order chi connectivity index (χ0) is 23.3. The predicted molar refractivity (Wildman–Crippen MR) is 132 cm³/mol. The summed E-state index contributed by atoms with van der Waals surface area (Å²) in [6.07, 6.45) is -0.535. The summed E-state index contributed by atoms with van der Waals surface area (Å²) in [4.78, 5) is 35.2. The van der Waals surface area contributed by atoms with Gasteiger partial charge in [-0.2, -0.15) is 0 Å². The topological polar surface area (TPSA) is 79.6 Å². The monoisotopic (exact) mass is 476 g/mol. The van der Waals surface area contributed by atoms with Crippen LogP contribution in [0, 0.1) is 24.0 Å². The van der Waals surface area contributed by atoms with Crippen LogP contribution in [0.4, 0.5) is 17.1 Å². The fraction of sp³-hybridized carbons (Fsp3) is 0.167. The quantitative estimate of drug-likeness (QED) is 0.259. The number of hydrogen-bond acceptors (Lipinski definition) is 7. The number of carbonyl (C=O) groups is 1. The number of thiazole rings is 1. The number of nitrogens with zero attached hydrogens (tertiary/aromatic N) is 4. The number of rotatable bonds is 4. The number of amides is 1. The summed E-state index contributed by atoms with van der Waals surface area (Å²) in [5.74, 6) is -0.259. The molecule has 0 saturated carbocycles. The minimum Gasteiger partial charge on any atom is -0.349 e. The molecule has 1 atom stereocenters. The Morgan fingerprint density at radius 2 is 1.85 bits per heavy atom. The Bertz CT molecular complexity index is 1390. The number of nitro groups is 1. The van der Waals surface area contributed by atoms with E-state index in [-0.39, 0.29) is 17.3 Å². The molecule has 0 radical (unpaired) electrons. The zero-order valence-electron chi connectivity index (χ0n) is 18.2. The Kier molecular flexibility index (Phi) is 5.22. The lowest BCUT2D eigenvalue weighted by Gasteiger charge is -2.43. The standard InChI is InChI=1S/C24H20N4O3S2/c1-14-8-9-18-16(12-14)24(29)27(19-6-4-5-7-20(19)28(30)31)23(26(18)3)22-11-10-21(33-22)17-13-32-15(2)25-17/h4-13,23H,1-3H3. The van der Waals surface area contributed by atoms with Gasteiger partial charge in [-0.15, -0.1) is 22.7 Å². The fourth-order valence-electron chi connectivity index (χ4n) is 4.16. The predicted octanol–water partition coefficient (Wildman–Crippen LogP) is 6.19. The van der Waals surface area contributed by atoms with Crippen LogP contribution in [0.2, 0.25) is 0 Å². The van der Waals surface area contributed by atoms with Crippen molar-refractivity contribution in [3.63, 3.8) is 0 Å². The Hall–Kier alpha value is -3.56. The molecule has 9 heteroatoms. The van der Waals surface area contributed by atoms with Gasteiger partial charge in [0.25, 0.3) is 11.6 Å². The van der Waals surface area contributed by atoms with E-state index in [0.29, 0.717) is 5.56 Å². The Labute approximate surface area is 198 Å². The minimum atomic E-state index is -0.535. The molecular weight excluding hydrogens is 456 g/mol. The van der Waals surface area contributed by atoms with Crippen LogP contribution < -0.4 is 9.80 Å². The number of nitro benzene ring substituents is 1. The summed E-state index contributed by atoms with van der Waals surface area (Å²) in [6, 6.07) is 16.1. The molecule has 3 heterocycles. The summed E-state index contributed by atoms with van der Waals surface area (Å²) in [7, 11) is 1.92. The van der Waals surface area contributed by atoms with Crippen LogP contribution in [0.5, 0.6) is 0 Å². The van der Waals surface area contributed by atoms with Crippen molar-refractivity contribution in [2.45, 2.75) is 20.0 Å². The molecule has 2 aromatic carbocycles. The van der Waals surface area contributed by atoms with Gasteiger partial charge in [0.05, 0.1) is 31.8 Å². The molecule has 1 amide bonds. The first-order valence-electron chi connectivity index (χ1n) is 10.3. The first-order valence-corrected chi connectivity index (χ1v) is 12.0. The smallest absolute Gasteiger partial charge is 0.293 e. The molecule has 0 saturated heterocycles. The number of fused-ring (bicyclic) bond motifs is 1. The Balaban J connectivity index is 1.70. The molecule has 1 aliphatic heterocycles. The lowest BCUT2D eigenvalue weighted by atomic mass is 10.0.